The molecule has 0 bridgehead atoms. The smallest absolute Gasteiger partial charge is 0.0137 e. The molecule has 0 heterocycles. The largest absolute Gasteiger partial charge is 0.0807 e. The highest BCUT2D eigenvalue weighted by Crippen LogP contribution is 2.37. The van der Waals surface area contributed by atoms with Crippen molar-refractivity contribution >= 4 is 0 Å². The van der Waals surface area contributed by atoms with E-state index >= 15 is 0 Å². The second kappa shape index (κ2) is 5.34. The van der Waals surface area contributed by atoms with Crippen LogP contribution in [0.5, 0.6) is 0 Å². The zero-order valence-electron chi connectivity index (χ0n) is 9.78. The Balaban J connectivity index is 2.10. The van der Waals surface area contributed by atoms with Gasteiger partial charge in [-0.05, 0) is 36.7 Å². The summed E-state index contributed by atoms with van der Waals surface area (Å²) in [5.41, 5.74) is 1.60. The van der Waals surface area contributed by atoms with Gasteiger partial charge in [-0.1, -0.05) is 56.6 Å². The Morgan fingerprint density at radius 1 is 1.20 bits per heavy atom. The summed E-state index contributed by atoms with van der Waals surface area (Å²) in [6, 6.07) is 0. The molecule has 0 amide bonds. The first-order chi connectivity index (χ1) is 7.42. The summed E-state index contributed by atoms with van der Waals surface area (Å²) in [5.74, 6) is 1.78. The molecule has 2 rings (SSSR count). The maximum atomic E-state index is 2.43. The summed E-state index contributed by atoms with van der Waals surface area (Å²) in [5, 5.41) is 0. The first-order valence-corrected chi connectivity index (χ1v) is 6.45. The molecule has 0 saturated heterocycles. The van der Waals surface area contributed by atoms with Crippen molar-refractivity contribution in [2.75, 3.05) is 0 Å². The van der Waals surface area contributed by atoms with Gasteiger partial charge in [0.1, 0.15) is 0 Å². The van der Waals surface area contributed by atoms with Gasteiger partial charge in [0.05, 0.1) is 0 Å². The fraction of sp³-hybridized carbons (Fsp3) is 0.600. The van der Waals surface area contributed by atoms with E-state index in [9.17, 15) is 0 Å². The number of allylic oxidation sites excluding steroid dienone is 6. The fourth-order valence-corrected chi connectivity index (χ4v) is 3.01. The number of hydrogen-bond donors (Lipinski definition) is 0. The predicted octanol–water partition coefficient (Wildman–Crippen LogP) is 4.65. The van der Waals surface area contributed by atoms with Crippen LogP contribution in [0.1, 0.15) is 45.4 Å². The van der Waals surface area contributed by atoms with E-state index in [2.05, 4.69) is 37.3 Å². The molecule has 0 radical (unpaired) electrons. The summed E-state index contributed by atoms with van der Waals surface area (Å²) in [6.07, 6.45) is 19.6. The van der Waals surface area contributed by atoms with Gasteiger partial charge in [-0.15, -0.1) is 0 Å². The second-order valence-corrected chi connectivity index (χ2v) is 4.79. The lowest BCUT2D eigenvalue weighted by atomic mass is 9.74. The molecule has 15 heavy (non-hydrogen) atoms. The molecule has 0 heteroatoms. The highest BCUT2D eigenvalue weighted by molar-refractivity contribution is 5.29. The summed E-state index contributed by atoms with van der Waals surface area (Å²) < 4.78 is 0. The van der Waals surface area contributed by atoms with E-state index in [-0.39, 0.29) is 0 Å². The average molecular weight is 202 g/mol. The van der Waals surface area contributed by atoms with Crippen molar-refractivity contribution in [3.63, 3.8) is 0 Å². The van der Waals surface area contributed by atoms with Crippen molar-refractivity contribution in [2.24, 2.45) is 11.8 Å². The maximum Gasteiger partial charge on any atom is -0.0137 e. The van der Waals surface area contributed by atoms with Crippen molar-refractivity contribution in [2.45, 2.75) is 45.4 Å². The lowest BCUT2D eigenvalue weighted by Gasteiger charge is -2.31. The van der Waals surface area contributed by atoms with Crippen molar-refractivity contribution in [1.29, 1.82) is 0 Å². The first kappa shape index (κ1) is 10.7. The molecule has 1 fully saturated rings. The van der Waals surface area contributed by atoms with Crippen molar-refractivity contribution in [1.82, 2.24) is 0 Å². The Bertz CT molecular complexity index is 280. The van der Waals surface area contributed by atoms with Crippen LogP contribution < -0.4 is 0 Å². The van der Waals surface area contributed by atoms with Gasteiger partial charge >= 0.3 is 0 Å². The normalized spacial score (nSPS) is 31.1. The van der Waals surface area contributed by atoms with Crippen LogP contribution in [-0.2, 0) is 0 Å². The Hall–Kier alpha value is -0.780. The second-order valence-electron chi connectivity index (χ2n) is 4.79. The van der Waals surface area contributed by atoms with E-state index in [0.29, 0.717) is 0 Å². The van der Waals surface area contributed by atoms with Crippen LogP contribution >= 0.6 is 0 Å². The van der Waals surface area contributed by atoms with E-state index in [0.717, 1.165) is 18.3 Å². The lowest BCUT2D eigenvalue weighted by molar-refractivity contribution is 0.268. The van der Waals surface area contributed by atoms with Crippen LogP contribution in [0.15, 0.2) is 36.0 Å². The van der Waals surface area contributed by atoms with Crippen molar-refractivity contribution in [3.05, 3.63) is 36.0 Å². The molecule has 2 aliphatic rings. The Kier molecular flexibility index (Phi) is 3.82. The fourth-order valence-electron chi connectivity index (χ4n) is 3.01. The Labute approximate surface area is 93.8 Å². The molecule has 0 nitrogen and oxygen atoms in total. The first-order valence-electron chi connectivity index (χ1n) is 6.45. The summed E-state index contributed by atoms with van der Waals surface area (Å²) in [6.45, 7) is 2.35. The van der Waals surface area contributed by atoms with Crippen LogP contribution in [0.4, 0.5) is 0 Å². The molecule has 0 aliphatic heterocycles. The average Bonchev–Trinajstić information content (AvgIpc) is 2.57. The summed E-state index contributed by atoms with van der Waals surface area (Å²) in [4.78, 5) is 0. The van der Waals surface area contributed by atoms with Crippen molar-refractivity contribution in [3.8, 4) is 0 Å². The van der Waals surface area contributed by atoms with E-state index in [1.54, 1.807) is 5.57 Å². The van der Waals surface area contributed by atoms with Crippen molar-refractivity contribution < 1.29 is 0 Å². The molecule has 0 aromatic heterocycles. The van der Waals surface area contributed by atoms with Gasteiger partial charge < -0.3 is 0 Å². The third kappa shape index (κ3) is 2.62. The Morgan fingerprint density at radius 2 is 2.07 bits per heavy atom. The van der Waals surface area contributed by atoms with Crippen LogP contribution in [-0.4, -0.2) is 0 Å². The molecule has 82 valence electrons. The zero-order chi connectivity index (χ0) is 10.5. The van der Waals surface area contributed by atoms with E-state index in [4.69, 9.17) is 0 Å². The van der Waals surface area contributed by atoms with Crippen LogP contribution in [0, 0.1) is 11.8 Å². The molecule has 0 aromatic carbocycles. The summed E-state index contributed by atoms with van der Waals surface area (Å²) in [7, 11) is 0. The summed E-state index contributed by atoms with van der Waals surface area (Å²) >= 11 is 0. The molecule has 2 atom stereocenters. The molecule has 0 N–H and O–H groups in total. The topological polar surface area (TPSA) is 0 Å². The van der Waals surface area contributed by atoms with E-state index in [1.807, 2.05) is 0 Å². The van der Waals surface area contributed by atoms with Crippen LogP contribution in [0.25, 0.3) is 0 Å². The van der Waals surface area contributed by atoms with Gasteiger partial charge in [-0.25, -0.2) is 0 Å². The van der Waals surface area contributed by atoms with E-state index < -0.39 is 0 Å². The quantitative estimate of drug-likeness (QED) is 0.611. The van der Waals surface area contributed by atoms with Crippen LogP contribution in [0.2, 0.25) is 0 Å². The monoisotopic (exact) mass is 202 g/mol. The lowest BCUT2D eigenvalue weighted by Crippen LogP contribution is -2.20. The zero-order valence-corrected chi connectivity index (χ0v) is 9.78. The standard InChI is InChI=1S/C15H22/c1-2-13-9-7-8-12-15(13)14-10-5-3-4-6-11-14/h3-5,10-11,13,15H,2,6-9,12H2,1H3. The maximum absolute atomic E-state index is 2.43. The molecular formula is C15H22. The molecule has 1 saturated carbocycles. The molecule has 0 spiro atoms. The van der Waals surface area contributed by atoms with E-state index in [1.165, 1.54) is 32.1 Å². The SMILES string of the molecule is CCC1CCCCC1C1=CCC=CC=C1. The van der Waals surface area contributed by atoms with Gasteiger partial charge in [0, 0.05) is 0 Å². The third-order valence-corrected chi connectivity index (χ3v) is 3.89. The molecule has 2 unspecified atom stereocenters. The minimum absolute atomic E-state index is 0.847. The molecule has 2 aliphatic carbocycles. The van der Waals surface area contributed by atoms with Crippen LogP contribution in [0.3, 0.4) is 0 Å². The Morgan fingerprint density at radius 3 is 2.93 bits per heavy atom. The molecule has 0 aromatic rings. The number of rotatable bonds is 2. The van der Waals surface area contributed by atoms with Gasteiger partial charge in [0.2, 0.25) is 0 Å². The van der Waals surface area contributed by atoms with Gasteiger partial charge in [0.15, 0.2) is 0 Å². The number of hydrogen-bond acceptors (Lipinski definition) is 0. The van der Waals surface area contributed by atoms with Gasteiger partial charge in [0.25, 0.3) is 0 Å². The minimum atomic E-state index is 0.847. The molecular weight excluding hydrogens is 180 g/mol. The van der Waals surface area contributed by atoms with Gasteiger partial charge in [-0.3, -0.25) is 0 Å². The highest BCUT2D eigenvalue weighted by Gasteiger charge is 2.25. The van der Waals surface area contributed by atoms with Gasteiger partial charge in [-0.2, -0.15) is 0 Å². The predicted molar refractivity (Wildman–Crippen MR) is 66.7 cm³/mol. The minimum Gasteiger partial charge on any atom is -0.0807 e. The third-order valence-electron chi connectivity index (χ3n) is 3.89. The highest BCUT2D eigenvalue weighted by atomic mass is 14.3.